The van der Waals surface area contributed by atoms with Gasteiger partial charge in [-0.25, -0.2) is 0 Å². The number of carbonyl (C=O) groups excluding carboxylic acids is 1. The Labute approximate surface area is 166 Å². The van der Waals surface area contributed by atoms with Gasteiger partial charge >= 0.3 is 0 Å². The molecule has 2 aromatic rings. The number of ether oxygens (including phenoxy) is 2. The average molecular weight is 384 g/mol. The summed E-state index contributed by atoms with van der Waals surface area (Å²) in [7, 11) is 1.69. The van der Waals surface area contributed by atoms with Crippen LogP contribution in [-0.4, -0.2) is 68.8 Å². The lowest BCUT2D eigenvalue weighted by molar-refractivity contribution is -0.107. The summed E-state index contributed by atoms with van der Waals surface area (Å²) in [5, 5.41) is 10.4. The van der Waals surface area contributed by atoms with E-state index in [2.05, 4.69) is 15.9 Å². The largest absolute Gasteiger partial charge is 0.495 e. The zero-order chi connectivity index (χ0) is 19.8. The number of methoxy groups -OCH3 is 1. The van der Waals surface area contributed by atoms with Crippen LogP contribution in [0.1, 0.15) is 5.56 Å². The Balaban J connectivity index is 1.46. The second kappa shape index (κ2) is 10.1. The fraction of sp³-hybridized carbons (Fsp3) is 0.409. The number of aliphatic hydroxyl groups excluding tert-OH is 1. The first-order valence-electron chi connectivity index (χ1n) is 9.64. The van der Waals surface area contributed by atoms with Gasteiger partial charge in [0.1, 0.15) is 30.5 Å². The van der Waals surface area contributed by atoms with Crippen molar-refractivity contribution < 1.29 is 19.4 Å². The van der Waals surface area contributed by atoms with E-state index in [1.807, 2.05) is 42.5 Å². The summed E-state index contributed by atoms with van der Waals surface area (Å²) < 4.78 is 11.2. The predicted octanol–water partition coefficient (Wildman–Crippen LogP) is 2.00. The van der Waals surface area contributed by atoms with Crippen LogP contribution in [0.15, 0.2) is 48.5 Å². The zero-order valence-electron chi connectivity index (χ0n) is 16.3. The van der Waals surface area contributed by atoms with Crippen LogP contribution in [0.4, 0.5) is 5.69 Å². The van der Waals surface area contributed by atoms with E-state index in [0.29, 0.717) is 18.7 Å². The van der Waals surface area contributed by atoms with Crippen molar-refractivity contribution in [2.45, 2.75) is 12.5 Å². The number of hydrogen-bond acceptors (Lipinski definition) is 6. The van der Waals surface area contributed by atoms with Gasteiger partial charge in [0, 0.05) is 44.7 Å². The minimum Gasteiger partial charge on any atom is -0.495 e. The molecule has 0 amide bonds. The highest BCUT2D eigenvalue weighted by Crippen LogP contribution is 2.28. The number of carbonyl (C=O) groups is 1. The summed E-state index contributed by atoms with van der Waals surface area (Å²) in [6.45, 7) is 4.29. The number of anilines is 1. The number of hydrogen-bond donors (Lipinski definition) is 1. The van der Waals surface area contributed by atoms with Crippen molar-refractivity contribution in [1.29, 1.82) is 0 Å². The maximum absolute atomic E-state index is 10.8. The molecule has 1 N–H and O–H groups in total. The average Bonchev–Trinajstić information content (AvgIpc) is 2.74. The lowest BCUT2D eigenvalue weighted by atomic mass is 10.1. The molecule has 1 unspecified atom stereocenters. The first kappa shape index (κ1) is 20.2. The topological polar surface area (TPSA) is 62.2 Å². The van der Waals surface area contributed by atoms with Crippen molar-refractivity contribution in [2.24, 2.45) is 0 Å². The second-order valence-corrected chi connectivity index (χ2v) is 6.90. The lowest BCUT2D eigenvalue weighted by Crippen LogP contribution is -2.49. The molecular weight excluding hydrogens is 356 g/mol. The molecule has 0 radical (unpaired) electrons. The number of piperazine rings is 1. The van der Waals surface area contributed by atoms with Crippen molar-refractivity contribution >= 4 is 12.0 Å². The van der Waals surface area contributed by atoms with Gasteiger partial charge in [0.2, 0.25) is 0 Å². The Hall–Kier alpha value is -2.57. The van der Waals surface area contributed by atoms with Crippen LogP contribution in [-0.2, 0) is 11.2 Å². The number of benzene rings is 2. The highest BCUT2D eigenvalue weighted by molar-refractivity contribution is 5.59. The summed E-state index contributed by atoms with van der Waals surface area (Å²) in [4.78, 5) is 15.3. The first-order valence-corrected chi connectivity index (χ1v) is 9.64. The Kier molecular flexibility index (Phi) is 7.28. The molecule has 6 nitrogen and oxygen atoms in total. The van der Waals surface area contributed by atoms with Crippen LogP contribution in [0.5, 0.6) is 11.5 Å². The maximum Gasteiger partial charge on any atom is 0.142 e. The Morgan fingerprint density at radius 3 is 2.43 bits per heavy atom. The zero-order valence-corrected chi connectivity index (χ0v) is 16.3. The quantitative estimate of drug-likeness (QED) is 0.668. The SMILES string of the molecule is COc1ccccc1N1CCN(CC(O)COc2ccccc2CC=O)CC1. The molecule has 28 heavy (non-hydrogen) atoms. The van der Waals surface area contributed by atoms with Gasteiger partial charge in [0.15, 0.2) is 0 Å². The number of aliphatic hydroxyl groups is 1. The minimum absolute atomic E-state index is 0.211. The van der Waals surface area contributed by atoms with Crippen LogP contribution < -0.4 is 14.4 Å². The molecule has 2 aromatic carbocycles. The summed E-state index contributed by atoms with van der Waals surface area (Å²) in [6.07, 6.45) is 0.596. The smallest absolute Gasteiger partial charge is 0.142 e. The van der Waals surface area contributed by atoms with Crippen molar-refractivity contribution in [1.82, 2.24) is 4.90 Å². The minimum atomic E-state index is -0.581. The molecule has 0 aliphatic carbocycles. The number of aldehydes is 1. The summed E-state index contributed by atoms with van der Waals surface area (Å²) in [5.74, 6) is 1.55. The van der Waals surface area contributed by atoms with E-state index in [1.165, 1.54) is 0 Å². The van der Waals surface area contributed by atoms with Gasteiger partial charge in [-0.05, 0) is 18.2 Å². The third kappa shape index (κ3) is 5.24. The summed E-state index contributed by atoms with van der Waals surface area (Å²) >= 11 is 0. The molecule has 0 spiro atoms. The molecule has 0 aromatic heterocycles. The Morgan fingerprint density at radius 1 is 1.04 bits per heavy atom. The molecule has 0 saturated carbocycles. The predicted molar refractivity (Wildman–Crippen MR) is 109 cm³/mol. The highest BCUT2D eigenvalue weighted by atomic mass is 16.5. The number of para-hydroxylation sites is 3. The Morgan fingerprint density at radius 2 is 1.71 bits per heavy atom. The second-order valence-electron chi connectivity index (χ2n) is 6.90. The fourth-order valence-electron chi connectivity index (χ4n) is 3.50. The van der Waals surface area contributed by atoms with Crippen molar-refractivity contribution in [3.8, 4) is 11.5 Å². The van der Waals surface area contributed by atoms with E-state index in [0.717, 1.165) is 49.5 Å². The van der Waals surface area contributed by atoms with Gasteiger partial charge in [-0.15, -0.1) is 0 Å². The normalized spacial score (nSPS) is 15.9. The van der Waals surface area contributed by atoms with E-state index in [9.17, 15) is 9.90 Å². The number of rotatable bonds is 9. The van der Waals surface area contributed by atoms with Crippen molar-refractivity contribution in [2.75, 3.05) is 51.3 Å². The molecule has 6 heteroatoms. The van der Waals surface area contributed by atoms with E-state index >= 15 is 0 Å². The van der Waals surface area contributed by atoms with Gasteiger partial charge in [-0.3, -0.25) is 4.90 Å². The molecule has 1 aliphatic rings. The molecule has 150 valence electrons. The van der Waals surface area contributed by atoms with Crippen LogP contribution in [0.2, 0.25) is 0 Å². The summed E-state index contributed by atoms with van der Waals surface area (Å²) in [5.41, 5.74) is 1.95. The molecule has 1 heterocycles. The van der Waals surface area contributed by atoms with Crippen LogP contribution >= 0.6 is 0 Å². The van der Waals surface area contributed by atoms with Gasteiger partial charge in [0.25, 0.3) is 0 Å². The monoisotopic (exact) mass is 384 g/mol. The van der Waals surface area contributed by atoms with Crippen molar-refractivity contribution in [3.05, 3.63) is 54.1 Å². The standard InChI is InChI=1S/C22H28N2O4/c1-27-22-9-5-3-7-20(22)24-13-11-23(12-14-24)16-19(26)17-28-21-8-4-2-6-18(21)10-15-25/h2-9,15,19,26H,10-14,16-17H2,1H3. The maximum atomic E-state index is 10.8. The van der Waals surface area contributed by atoms with E-state index < -0.39 is 6.10 Å². The highest BCUT2D eigenvalue weighted by Gasteiger charge is 2.21. The molecular formula is C22H28N2O4. The van der Waals surface area contributed by atoms with Gasteiger partial charge in [0.05, 0.1) is 12.8 Å². The van der Waals surface area contributed by atoms with Gasteiger partial charge in [-0.2, -0.15) is 0 Å². The number of β-amino-alcohol motifs (C(OH)–C–C–N with tert-alkyl or cyclic N) is 1. The molecule has 1 fully saturated rings. The summed E-state index contributed by atoms with van der Waals surface area (Å²) in [6, 6.07) is 15.5. The first-order chi connectivity index (χ1) is 13.7. The molecule has 0 bridgehead atoms. The van der Waals surface area contributed by atoms with E-state index in [1.54, 1.807) is 7.11 Å². The third-order valence-corrected chi connectivity index (χ3v) is 4.97. The van der Waals surface area contributed by atoms with Gasteiger partial charge < -0.3 is 24.3 Å². The van der Waals surface area contributed by atoms with Crippen LogP contribution in [0.25, 0.3) is 0 Å². The molecule has 1 saturated heterocycles. The number of nitrogens with zero attached hydrogens (tertiary/aromatic N) is 2. The van der Waals surface area contributed by atoms with E-state index in [4.69, 9.17) is 9.47 Å². The van der Waals surface area contributed by atoms with Crippen LogP contribution in [0.3, 0.4) is 0 Å². The van der Waals surface area contributed by atoms with Gasteiger partial charge in [-0.1, -0.05) is 30.3 Å². The van der Waals surface area contributed by atoms with E-state index in [-0.39, 0.29) is 6.61 Å². The van der Waals surface area contributed by atoms with Crippen molar-refractivity contribution in [3.63, 3.8) is 0 Å². The molecule has 3 rings (SSSR count). The lowest BCUT2D eigenvalue weighted by Gasteiger charge is -2.37. The fourth-order valence-corrected chi connectivity index (χ4v) is 3.50. The molecule has 1 atom stereocenters. The molecule has 1 aliphatic heterocycles. The third-order valence-electron chi connectivity index (χ3n) is 4.97. The van der Waals surface area contributed by atoms with Crippen LogP contribution in [0, 0.1) is 0 Å². The Bertz CT molecular complexity index is 760.